The van der Waals surface area contributed by atoms with Crippen LogP contribution in [0.15, 0.2) is 119 Å². The quantitative estimate of drug-likeness (QED) is 0.206. The van der Waals surface area contributed by atoms with E-state index >= 15 is 0 Å². The number of hydrogen-bond donors (Lipinski definition) is 0. The van der Waals surface area contributed by atoms with Crippen molar-refractivity contribution in [1.29, 1.82) is 0 Å². The van der Waals surface area contributed by atoms with Crippen molar-refractivity contribution in [2.75, 3.05) is 10.1 Å². The number of para-hydroxylation sites is 3. The van der Waals surface area contributed by atoms with Crippen molar-refractivity contribution in [3.63, 3.8) is 0 Å². The van der Waals surface area contributed by atoms with E-state index in [1.54, 1.807) is 11.8 Å². The van der Waals surface area contributed by atoms with Crippen molar-refractivity contribution in [2.45, 2.75) is 62.3 Å². The molecule has 1 aliphatic heterocycles. The molecule has 0 bridgehead atoms. The van der Waals surface area contributed by atoms with Gasteiger partial charge < -0.3 is 0 Å². The largest absolute Gasteiger partial charge is 0.294 e. The van der Waals surface area contributed by atoms with Crippen LogP contribution in [0.3, 0.4) is 0 Å². The number of aromatic nitrogens is 2. The minimum absolute atomic E-state index is 0.0337. The van der Waals surface area contributed by atoms with Gasteiger partial charge in [0.25, 0.3) is 0 Å². The van der Waals surface area contributed by atoms with E-state index in [2.05, 4.69) is 149 Å². The Morgan fingerprint density at radius 1 is 0.651 bits per heavy atom. The normalized spacial score (nSPS) is 13.7. The maximum Gasteiger partial charge on any atom is 0.137 e. The average Bonchev–Trinajstić information content (AvgIpc) is 3.53. The molecule has 1 aliphatic rings. The van der Waals surface area contributed by atoms with Crippen molar-refractivity contribution in [3.05, 3.63) is 115 Å². The summed E-state index contributed by atoms with van der Waals surface area (Å²) in [6, 6.07) is 36.6. The number of pyridine rings is 1. The summed E-state index contributed by atoms with van der Waals surface area (Å²) < 4.78 is 2.30. The van der Waals surface area contributed by atoms with Gasteiger partial charge in [-0.1, -0.05) is 75.0 Å². The molecule has 0 unspecified atom stereocenters. The van der Waals surface area contributed by atoms with Crippen molar-refractivity contribution in [3.8, 4) is 5.82 Å². The summed E-state index contributed by atoms with van der Waals surface area (Å²) in [6.07, 6.45) is 1.93. The Kier molecular flexibility index (Phi) is 6.53. The lowest BCUT2D eigenvalue weighted by Crippen LogP contribution is -2.41. The first-order valence-electron chi connectivity index (χ1n) is 14.7. The van der Waals surface area contributed by atoms with E-state index in [9.17, 15) is 0 Å². The fourth-order valence-corrected chi connectivity index (χ4v) is 6.63. The first-order valence-corrected chi connectivity index (χ1v) is 15.6. The van der Waals surface area contributed by atoms with Crippen LogP contribution in [0.2, 0.25) is 0 Å². The van der Waals surface area contributed by atoms with Gasteiger partial charge in [-0.15, -0.1) is 4.94 Å². The molecule has 0 saturated heterocycles. The third kappa shape index (κ3) is 4.94. The molecule has 0 fully saturated rings. The van der Waals surface area contributed by atoms with E-state index in [1.165, 1.54) is 21.2 Å². The van der Waals surface area contributed by atoms with E-state index in [0.29, 0.717) is 0 Å². The molecule has 4 aromatic carbocycles. The SMILES string of the molecule is CC(C)(C)c1ccnc(-n2c3ccccc3c3ccc(Sc4cccc(N5ON(C(C)(C)C)c6ccccc65)c4)cc32)c1. The van der Waals surface area contributed by atoms with Gasteiger partial charge >= 0.3 is 0 Å². The van der Waals surface area contributed by atoms with Crippen molar-refractivity contribution in [1.82, 2.24) is 9.55 Å². The molecular weight excluding hydrogens is 549 g/mol. The van der Waals surface area contributed by atoms with Gasteiger partial charge in [0.1, 0.15) is 5.82 Å². The lowest BCUT2D eigenvalue weighted by molar-refractivity contribution is 0.0842. The monoisotopic (exact) mass is 584 g/mol. The second-order valence-corrected chi connectivity index (χ2v) is 14.3. The minimum atomic E-state index is -0.188. The molecule has 0 aliphatic carbocycles. The number of rotatable bonds is 4. The molecule has 216 valence electrons. The average molecular weight is 585 g/mol. The Morgan fingerprint density at radius 2 is 1.37 bits per heavy atom. The molecular formula is C37H36N4OS. The Balaban J connectivity index is 1.28. The molecule has 0 spiro atoms. The van der Waals surface area contributed by atoms with Crippen LogP contribution in [0.5, 0.6) is 0 Å². The number of hydroxylamine groups is 1. The molecule has 43 heavy (non-hydrogen) atoms. The standard InChI is InChI=1S/C37H36N4OS/c1-36(2,3)25-20-21-38-35(22-25)39-31-15-8-7-14-29(31)30-19-18-28(24-34(30)39)43-27-13-11-12-26(23-27)40-32-16-9-10-17-33(32)41(42-40)37(4,5)6/h7-24H,1-6H3. The molecule has 0 radical (unpaired) electrons. The summed E-state index contributed by atoms with van der Waals surface area (Å²) in [5, 5.41) is 6.37. The Morgan fingerprint density at radius 3 is 2.16 bits per heavy atom. The molecule has 2 aromatic heterocycles. The second kappa shape index (κ2) is 10.2. The minimum Gasteiger partial charge on any atom is -0.294 e. The molecule has 5 nitrogen and oxygen atoms in total. The van der Waals surface area contributed by atoms with E-state index in [4.69, 9.17) is 9.92 Å². The van der Waals surface area contributed by atoms with Crippen LogP contribution in [0.4, 0.5) is 17.1 Å². The predicted molar refractivity (Wildman–Crippen MR) is 180 cm³/mol. The van der Waals surface area contributed by atoms with Crippen molar-refractivity contribution >= 4 is 50.6 Å². The first kappa shape index (κ1) is 27.6. The summed E-state index contributed by atoms with van der Waals surface area (Å²) in [6.45, 7) is 13.2. The highest BCUT2D eigenvalue weighted by molar-refractivity contribution is 7.99. The van der Waals surface area contributed by atoms with Gasteiger partial charge in [-0.3, -0.25) is 4.57 Å². The van der Waals surface area contributed by atoms with Crippen molar-refractivity contribution < 1.29 is 4.94 Å². The number of benzene rings is 4. The topological polar surface area (TPSA) is 33.5 Å². The molecule has 3 heterocycles. The lowest BCUT2D eigenvalue weighted by Gasteiger charge is -2.31. The fraction of sp³-hybridized carbons (Fsp3) is 0.216. The Labute approximate surface area is 257 Å². The van der Waals surface area contributed by atoms with Crippen LogP contribution in [0.1, 0.15) is 47.1 Å². The lowest BCUT2D eigenvalue weighted by atomic mass is 9.88. The van der Waals surface area contributed by atoms with E-state index in [0.717, 1.165) is 38.8 Å². The third-order valence-electron chi connectivity index (χ3n) is 7.87. The highest BCUT2D eigenvalue weighted by Gasteiger charge is 2.35. The van der Waals surface area contributed by atoms with Gasteiger partial charge in [0.2, 0.25) is 0 Å². The maximum atomic E-state index is 6.42. The molecule has 6 aromatic rings. The molecule has 0 atom stereocenters. The van der Waals surface area contributed by atoms with Gasteiger partial charge in [-0.05, 0) is 92.4 Å². The molecule has 7 rings (SSSR count). The first-order chi connectivity index (χ1) is 20.6. The van der Waals surface area contributed by atoms with Crippen LogP contribution in [0, 0.1) is 0 Å². The molecule has 0 amide bonds. The fourth-order valence-electron chi connectivity index (χ4n) is 5.72. The molecule has 6 heteroatoms. The van der Waals surface area contributed by atoms with E-state index < -0.39 is 0 Å². The summed E-state index contributed by atoms with van der Waals surface area (Å²) >= 11 is 1.75. The van der Waals surface area contributed by atoms with Gasteiger partial charge in [-0.25, -0.2) is 10.0 Å². The van der Waals surface area contributed by atoms with Crippen LogP contribution >= 0.6 is 11.8 Å². The van der Waals surface area contributed by atoms with Gasteiger partial charge in [0.15, 0.2) is 0 Å². The second-order valence-electron chi connectivity index (χ2n) is 13.1. The zero-order chi connectivity index (χ0) is 29.9. The van der Waals surface area contributed by atoms with E-state index in [1.807, 2.05) is 16.3 Å². The van der Waals surface area contributed by atoms with Gasteiger partial charge in [0.05, 0.1) is 33.6 Å². The zero-order valence-corrected chi connectivity index (χ0v) is 26.3. The maximum absolute atomic E-state index is 6.42. The van der Waals surface area contributed by atoms with Gasteiger partial charge in [0, 0.05) is 26.8 Å². The van der Waals surface area contributed by atoms with Crippen LogP contribution in [-0.2, 0) is 10.4 Å². The summed E-state index contributed by atoms with van der Waals surface area (Å²) in [5.74, 6) is 0.941. The summed E-state index contributed by atoms with van der Waals surface area (Å²) in [5.41, 5.74) is 6.51. The molecule has 0 saturated carbocycles. The van der Waals surface area contributed by atoms with E-state index in [-0.39, 0.29) is 11.0 Å². The van der Waals surface area contributed by atoms with Crippen molar-refractivity contribution in [2.24, 2.45) is 0 Å². The predicted octanol–water partition coefficient (Wildman–Crippen LogP) is 10.2. The number of nitrogens with zero attached hydrogens (tertiary/aromatic N) is 4. The summed E-state index contributed by atoms with van der Waals surface area (Å²) in [7, 11) is 0. The molecule has 0 N–H and O–H groups in total. The van der Waals surface area contributed by atoms with Crippen LogP contribution in [-0.4, -0.2) is 15.1 Å². The highest BCUT2D eigenvalue weighted by Crippen LogP contribution is 2.45. The Bertz CT molecular complexity index is 1980. The number of hydrogen-bond acceptors (Lipinski definition) is 5. The number of anilines is 3. The number of fused-ring (bicyclic) bond motifs is 4. The van der Waals surface area contributed by atoms with Crippen LogP contribution < -0.4 is 10.1 Å². The summed E-state index contributed by atoms with van der Waals surface area (Å²) in [4.78, 5) is 13.6. The smallest absolute Gasteiger partial charge is 0.137 e. The van der Waals surface area contributed by atoms with Gasteiger partial charge in [-0.2, -0.15) is 5.06 Å². The zero-order valence-electron chi connectivity index (χ0n) is 25.5. The Hall–Kier alpha value is -4.26. The third-order valence-corrected chi connectivity index (χ3v) is 8.84. The van der Waals surface area contributed by atoms with Crippen LogP contribution in [0.25, 0.3) is 27.6 Å². The highest BCUT2D eigenvalue weighted by atomic mass is 32.2.